The van der Waals surface area contributed by atoms with E-state index in [1.807, 2.05) is 0 Å². The van der Waals surface area contributed by atoms with Crippen molar-refractivity contribution < 1.29 is 18.4 Å². The largest absolute Gasteiger partial charge is 0.366 e. The van der Waals surface area contributed by atoms with Gasteiger partial charge in [0.25, 0.3) is 5.91 Å². The molecule has 0 saturated heterocycles. The smallest absolute Gasteiger partial charge is 0.342 e. The van der Waals surface area contributed by atoms with Crippen LogP contribution < -0.4 is 20.9 Å². The molecular formula is C21H24F2N6O2. The number of alkyl halides is 2. The van der Waals surface area contributed by atoms with Crippen LogP contribution >= 0.6 is 0 Å². The molecule has 1 aliphatic carbocycles. The van der Waals surface area contributed by atoms with Crippen LogP contribution in [0, 0.1) is 0 Å². The second-order valence-corrected chi connectivity index (χ2v) is 7.79. The van der Waals surface area contributed by atoms with E-state index in [0.29, 0.717) is 17.1 Å². The first-order valence-corrected chi connectivity index (χ1v) is 10.3. The Kier molecular flexibility index (Phi) is 5.47. The molecule has 31 heavy (non-hydrogen) atoms. The number of fused-ring (bicyclic) bond motifs is 1. The third kappa shape index (κ3) is 4.01. The summed E-state index contributed by atoms with van der Waals surface area (Å²) in [6, 6.07) is 6.33. The van der Waals surface area contributed by atoms with E-state index in [1.54, 1.807) is 36.1 Å². The fourth-order valence-corrected chi connectivity index (χ4v) is 4.17. The second kappa shape index (κ2) is 8.09. The van der Waals surface area contributed by atoms with Crippen molar-refractivity contribution in [2.24, 2.45) is 5.73 Å². The maximum atomic E-state index is 14.8. The summed E-state index contributed by atoms with van der Waals surface area (Å²) in [6.07, 6.45) is 4.87. The number of benzene rings is 1. The van der Waals surface area contributed by atoms with Crippen molar-refractivity contribution in [3.8, 4) is 0 Å². The molecule has 0 atom stereocenters. The predicted octanol–water partition coefficient (Wildman–Crippen LogP) is 3.07. The normalized spacial score (nSPS) is 18.6. The lowest BCUT2D eigenvalue weighted by Gasteiger charge is -2.31. The van der Waals surface area contributed by atoms with Gasteiger partial charge in [-0.1, -0.05) is 12.8 Å². The minimum atomic E-state index is -3.52. The molecule has 1 saturated carbocycles. The second-order valence-electron chi connectivity index (χ2n) is 7.79. The van der Waals surface area contributed by atoms with Crippen LogP contribution in [0.3, 0.4) is 0 Å². The first-order chi connectivity index (χ1) is 14.8. The Bertz CT molecular complexity index is 992. The number of halogens is 2. The summed E-state index contributed by atoms with van der Waals surface area (Å²) in [6.45, 7) is 1.03. The van der Waals surface area contributed by atoms with Gasteiger partial charge in [0.1, 0.15) is 5.69 Å². The Balaban J connectivity index is 1.72. The van der Waals surface area contributed by atoms with Gasteiger partial charge in [0, 0.05) is 23.8 Å². The highest BCUT2D eigenvalue weighted by molar-refractivity contribution is 6.02. The molecule has 4 rings (SSSR count). The lowest BCUT2D eigenvalue weighted by molar-refractivity contribution is -0.140. The van der Waals surface area contributed by atoms with Crippen molar-refractivity contribution >= 4 is 35.0 Å². The zero-order chi connectivity index (χ0) is 22.2. The number of carbonyl (C=O) groups excluding carboxylic acids is 2. The minimum absolute atomic E-state index is 0.0879. The lowest BCUT2D eigenvalue weighted by atomic mass is 10.2. The van der Waals surface area contributed by atoms with Crippen LogP contribution in [0.2, 0.25) is 0 Å². The zero-order valence-electron chi connectivity index (χ0n) is 17.1. The fraction of sp³-hybridized carbons (Fsp3) is 0.429. The molecule has 0 radical (unpaired) electrons. The van der Waals surface area contributed by atoms with Gasteiger partial charge in [-0.05, 0) is 44.0 Å². The molecule has 164 valence electrons. The maximum Gasteiger partial charge on any atom is 0.342 e. The molecule has 10 heteroatoms. The number of amides is 2. The zero-order valence-corrected chi connectivity index (χ0v) is 17.1. The molecule has 1 fully saturated rings. The van der Waals surface area contributed by atoms with Crippen LogP contribution in [-0.2, 0) is 4.79 Å². The molecule has 3 N–H and O–H groups in total. The van der Waals surface area contributed by atoms with E-state index in [1.165, 1.54) is 6.20 Å². The van der Waals surface area contributed by atoms with Crippen molar-refractivity contribution in [2.45, 2.75) is 44.6 Å². The van der Waals surface area contributed by atoms with Gasteiger partial charge in [0.2, 0.25) is 11.9 Å². The number of nitrogens with two attached hydrogens (primary N) is 1. The van der Waals surface area contributed by atoms with Gasteiger partial charge < -0.3 is 20.9 Å². The molecule has 1 aromatic heterocycles. The van der Waals surface area contributed by atoms with E-state index >= 15 is 0 Å². The van der Waals surface area contributed by atoms with Crippen LogP contribution in [0.1, 0.15) is 43.0 Å². The number of carbonyl (C=O) groups is 2. The van der Waals surface area contributed by atoms with Gasteiger partial charge in [0.05, 0.1) is 12.7 Å². The SMILES string of the molecule is CCN1C(=O)C(F)(F)CN(C2CCCC2)c2nc(Nc3ccc(C(N)=O)cc3)ncc21. The number of nitrogens with zero attached hydrogens (tertiary/aromatic N) is 4. The summed E-state index contributed by atoms with van der Waals surface area (Å²) in [7, 11) is 0. The standard InChI is InChI=1S/C21H24F2N6O2/c1-2-28-16-11-25-20(26-14-9-7-13(8-10-14)17(24)30)27-18(16)29(15-5-3-4-6-15)12-21(22,23)19(28)31/h7-11,15H,2-6,12H2,1H3,(H2,24,30)(H,25,26,27). The lowest BCUT2D eigenvalue weighted by Crippen LogP contribution is -2.49. The Labute approximate surface area is 178 Å². The number of anilines is 4. The monoisotopic (exact) mass is 430 g/mol. The highest BCUT2D eigenvalue weighted by atomic mass is 19.3. The van der Waals surface area contributed by atoms with Crippen molar-refractivity contribution in [1.29, 1.82) is 0 Å². The first-order valence-electron chi connectivity index (χ1n) is 10.3. The summed E-state index contributed by atoms with van der Waals surface area (Å²) in [5.74, 6) is -4.75. The number of rotatable bonds is 5. The van der Waals surface area contributed by atoms with E-state index < -0.39 is 24.3 Å². The Morgan fingerprint density at radius 2 is 1.94 bits per heavy atom. The molecule has 0 bridgehead atoms. The average molecular weight is 430 g/mol. The molecule has 2 aliphatic rings. The van der Waals surface area contributed by atoms with Crippen LogP contribution in [-0.4, -0.2) is 46.8 Å². The molecule has 2 amide bonds. The Morgan fingerprint density at radius 3 is 2.55 bits per heavy atom. The van der Waals surface area contributed by atoms with E-state index in [4.69, 9.17) is 5.73 Å². The number of primary amides is 1. The maximum absolute atomic E-state index is 14.8. The highest BCUT2D eigenvalue weighted by Crippen LogP contribution is 2.40. The molecule has 2 aromatic rings. The van der Waals surface area contributed by atoms with E-state index in [9.17, 15) is 18.4 Å². The summed E-state index contributed by atoms with van der Waals surface area (Å²) in [5, 5.41) is 3.02. The topological polar surface area (TPSA) is 104 Å². The van der Waals surface area contributed by atoms with Gasteiger partial charge in [0.15, 0.2) is 5.82 Å². The van der Waals surface area contributed by atoms with Gasteiger partial charge in [-0.3, -0.25) is 9.59 Å². The number of hydrogen-bond acceptors (Lipinski definition) is 6. The van der Waals surface area contributed by atoms with Gasteiger partial charge >= 0.3 is 5.92 Å². The Hall–Kier alpha value is -3.30. The molecule has 0 spiro atoms. The van der Waals surface area contributed by atoms with E-state index in [-0.39, 0.29) is 24.2 Å². The minimum Gasteiger partial charge on any atom is -0.366 e. The number of aromatic nitrogens is 2. The third-order valence-corrected chi connectivity index (χ3v) is 5.75. The van der Waals surface area contributed by atoms with Crippen LogP contribution in [0.15, 0.2) is 30.5 Å². The fourth-order valence-electron chi connectivity index (χ4n) is 4.17. The van der Waals surface area contributed by atoms with Crippen molar-refractivity contribution in [3.05, 3.63) is 36.0 Å². The molecule has 8 nitrogen and oxygen atoms in total. The van der Waals surface area contributed by atoms with Crippen molar-refractivity contribution in [2.75, 3.05) is 28.2 Å². The third-order valence-electron chi connectivity index (χ3n) is 5.75. The quantitative estimate of drug-likeness (QED) is 0.756. The first kappa shape index (κ1) is 21.0. The Morgan fingerprint density at radius 1 is 1.26 bits per heavy atom. The number of nitrogens with one attached hydrogen (secondary N) is 1. The summed E-state index contributed by atoms with van der Waals surface area (Å²) in [5.41, 5.74) is 6.51. The van der Waals surface area contributed by atoms with Gasteiger partial charge in [-0.2, -0.15) is 13.8 Å². The van der Waals surface area contributed by atoms with E-state index in [0.717, 1.165) is 30.6 Å². The molecular weight excluding hydrogens is 406 g/mol. The summed E-state index contributed by atoms with van der Waals surface area (Å²) < 4.78 is 29.6. The van der Waals surface area contributed by atoms with Crippen molar-refractivity contribution in [3.63, 3.8) is 0 Å². The predicted molar refractivity (Wildman–Crippen MR) is 113 cm³/mol. The summed E-state index contributed by atoms with van der Waals surface area (Å²) >= 11 is 0. The molecule has 1 aliphatic heterocycles. The van der Waals surface area contributed by atoms with Crippen LogP contribution in [0.4, 0.5) is 31.9 Å². The van der Waals surface area contributed by atoms with Crippen LogP contribution in [0.5, 0.6) is 0 Å². The summed E-state index contributed by atoms with van der Waals surface area (Å²) in [4.78, 5) is 35.2. The van der Waals surface area contributed by atoms with E-state index in [2.05, 4.69) is 15.3 Å². The van der Waals surface area contributed by atoms with Gasteiger partial charge in [-0.25, -0.2) is 4.98 Å². The van der Waals surface area contributed by atoms with Crippen LogP contribution in [0.25, 0.3) is 0 Å². The van der Waals surface area contributed by atoms with Crippen molar-refractivity contribution in [1.82, 2.24) is 9.97 Å². The molecule has 0 unspecified atom stereocenters. The highest BCUT2D eigenvalue weighted by Gasteiger charge is 2.49. The van der Waals surface area contributed by atoms with Gasteiger partial charge in [-0.15, -0.1) is 0 Å². The molecule has 1 aromatic carbocycles. The number of hydrogen-bond donors (Lipinski definition) is 2. The average Bonchev–Trinajstić information content (AvgIpc) is 3.26. The molecule has 2 heterocycles.